The lowest BCUT2D eigenvalue weighted by Crippen LogP contribution is -2.47. The van der Waals surface area contributed by atoms with Crippen molar-refractivity contribution >= 4 is 44.6 Å². The highest BCUT2D eigenvalue weighted by atomic mass is 35.5. The fourth-order valence-electron chi connectivity index (χ4n) is 3.91. The van der Waals surface area contributed by atoms with E-state index in [-0.39, 0.29) is 5.91 Å². The van der Waals surface area contributed by atoms with E-state index in [1.807, 2.05) is 31.2 Å². The number of sulfonamides is 1. The highest BCUT2D eigenvalue weighted by Gasteiger charge is 2.31. The zero-order chi connectivity index (χ0) is 22.6. The van der Waals surface area contributed by atoms with Gasteiger partial charge in [0.25, 0.3) is 0 Å². The molecule has 0 saturated carbocycles. The maximum Gasteiger partial charge on any atom is 0.248 e. The molecular formula is C23H30ClN3O3S. The van der Waals surface area contributed by atoms with E-state index < -0.39 is 16.1 Å². The van der Waals surface area contributed by atoms with Crippen LogP contribution in [0.1, 0.15) is 38.2 Å². The number of aryl methyl sites for hydroxylation is 1. The van der Waals surface area contributed by atoms with Gasteiger partial charge in [0.1, 0.15) is 6.04 Å². The maximum absolute atomic E-state index is 13.1. The van der Waals surface area contributed by atoms with Crippen LogP contribution in [0.15, 0.2) is 42.5 Å². The molecule has 1 atom stereocenters. The van der Waals surface area contributed by atoms with Gasteiger partial charge in [-0.1, -0.05) is 24.6 Å². The Morgan fingerprint density at radius 1 is 1.13 bits per heavy atom. The number of hydrogen-bond acceptors (Lipinski definition) is 4. The molecular weight excluding hydrogens is 434 g/mol. The van der Waals surface area contributed by atoms with Gasteiger partial charge in [-0.3, -0.25) is 9.10 Å². The maximum atomic E-state index is 13.1. The van der Waals surface area contributed by atoms with Crippen molar-refractivity contribution in [2.45, 2.75) is 45.6 Å². The molecule has 1 saturated heterocycles. The molecule has 1 fully saturated rings. The Labute approximate surface area is 190 Å². The first-order valence-electron chi connectivity index (χ1n) is 10.6. The summed E-state index contributed by atoms with van der Waals surface area (Å²) in [6.07, 6.45) is 5.08. The summed E-state index contributed by atoms with van der Waals surface area (Å²) >= 11 is 6.22. The van der Waals surface area contributed by atoms with Crippen molar-refractivity contribution in [1.82, 2.24) is 0 Å². The molecule has 2 aromatic carbocycles. The van der Waals surface area contributed by atoms with Gasteiger partial charge in [-0.05, 0) is 74.6 Å². The number of hydrogen-bond donors (Lipinski definition) is 1. The molecule has 1 heterocycles. The summed E-state index contributed by atoms with van der Waals surface area (Å²) in [5, 5.41) is 3.33. The summed E-state index contributed by atoms with van der Waals surface area (Å²) in [6, 6.07) is 11.8. The van der Waals surface area contributed by atoms with Crippen LogP contribution < -0.4 is 14.5 Å². The molecule has 0 radical (unpaired) electrons. The van der Waals surface area contributed by atoms with Gasteiger partial charge in [0.05, 0.1) is 11.9 Å². The Hall–Kier alpha value is -2.25. The zero-order valence-electron chi connectivity index (χ0n) is 18.3. The minimum absolute atomic E-state index is 0.316. The van der Waals surface area contributed by atoms with Crippen molar-refractivity contribution in [2.75, 3.05) is 33.9 Å². The second kappa shape index (κ2) is 9.92. The predicted molar refractivity (Wildman–Crippen MR) is 129 cm³/mol. The third-order valence-electron chi connectivity index (χ3n) is 5.60. The van der Waals surface area contributed by atoms with Gasteiger partial charge in [0.2, 0.25) is 15.9 Å². The van der Waals surface area contributed by atoms with Crippen LogP contribution in [0.3, 0.4) is 0 Å². The zero-order valence-corrected chi connectivity index (χ0v) is 19.8. The highest BCUT2D eigenvalue weighted by molar-refractivity contribution is 7.92. The Morgan fingerprint density at radius 2 is 1.77 bits per heavy atom. The quantitative estimate of drug-likeness (QED) is 0.638. The molecule has 1 aliphatic rings. The van der Waals surface area contributed by atoms with Gasteiger partial charge in [-0.15, -0.1) is 0 Å². The third-order valence-corrected chi connectivity index (χ3v) is 7.18. The van der Waals surface area contributed by atoms with Gasteiger partial charge < -0.3 is 10.2 Å². The van der Waals surface area contributed by atoms with E-state index >= 15 is 0 Å². The van der Waals surface area contributed by atoms with Crippen molar-refractivity contribution < 1.29 is 13.2 Å². The molecule has 168 valence electrons. The number of rotatable bonds is 7. The molecule has 1 amide bonds. The topological polar surface area (TPSA) is 69.7 Å². The van der Waals surface area contributed by atoms with Gasteiger partial charge in [-0.2, -0.15) is 0 Å². The van der Waals surface area contributed by atoms with Crippen molar-refractivity contribution in [3.63, 3.8) is 0 Å². The van der Waals surface area contributed by atoms with Crippen molar-refractivity contribution in [3.8, 4) is 0 Å². The number of halogens is 1. The summed E-state index contributed by atoms with van der Waals surface area (Å²) in [5.41, 5.74) is 2.99. The van der Waals surface area contributed by atoms with Crippen LogP contribution in [-0.4, -0.2) is 39.7 Å². The molecule has 0 aliphatic carbocycles. The first-order chi connectivity index (χ1) is 14.7. The number of benzene rings is 2. The molecule has 3 rings (SSSR count). The predicted octanol–water partition coefficient (Wildman–Crippen LogP) is 4.82. The van der Waals surface area contributed by atoms with E-state index in [1.54, 1.807) is 25.1 Å². The molecule has 1 aliphatic heterocycles. The molecule has 0 aromatic heterocycles. The molecule has 0 spiro atoms. The Balaban J connectivity index is 1.80. The van der Waals surface area contributed by atoms with Crippen LogP contribution in [0.5, 0.6) is 0 Å². The Morgan fingerprint density at radius 3 is 2.32 bits per heavy atom. The molecule has 0 bridgehead atoms. The molecule has 31 heavy (non-hydrogen) atoms. The minimum Gasteiger partial charge on any atom is -0.372 e. The first-order valence-corrected chi connectivity index (χ1v) is 12.8. The normalized spacial score (nSPS) is 15.4. The molecule has 8 heteroatoms. The lowest BCUT2D eigenvalue weighted by Gasteiger charge is -2.30. The largest absolute Gasteiger partial charge is 0.372 e. The van der Waals surface area contributed by atoms with Crippen LogP contribution in [0.25, 0.3) is 0 Å². The smallest absolute Gasteiger partial charge is 0.248 e. The average Bonchev–Trinajstić information content (AvgIpc) is 2.74. The fourth-order valence-corrected chi connectivity index (χ4v) is 5.29. The molecule has 0 unspecified atom stereocenters. The number of amides is 1. The summed E-state index contributed by atoms with van der Waals surface area (Å²) in [5.74, 6) is -0.379. The van der Waals surface area contributed by atoms with Gasteiger partial charge in [0, 0.05) is 29.5 Å². The lowest BCUT2D eigenvalue weighted by molar-refractivity contribution is -0.117. The highest BCUT2D eigenvalue weighted by Crippen LogP contribution is 2.28. The SMILES string of the molecule is CC[C@H](C(=O)Nc1ccc(N2CCCCC2)cc1)N(c1ccc(C)c(Cl)c1)S(C)(=O)=O. The van der Waals surface area contributed by atoms with Crippen LogP contribution in [0, 0.1) is 6.92 Å². The average molecular weight is 464 g/mol. The second-order valence-electron chi connectivity index (χ2n) is 8.00. The monoisotopic (exact) mass is 463 g/mol. The third kappa shape index (κ3) is 5.71. The second-order valence-corrected chi connectivity index (χ2v) is 10.3. The molecule has 1 N–H and O–H groups in total. The van der Waals surface area contributed by atoms with E-state index in [9.17, 15) is 13.2 Å². The number of anilines is 3. The van der Waals surface area contributed by atoms with Crippen LogP contribution >= 0.6 is 11.6 Å². The van der Waals surface area contributed by atoms with Crippen molar-refractivity contribution in [3.05, 3.63) is 53.1 Å². The number of piperidine rings is 1. The Bertz CT molecular complexity index is 1020. The lowest BCUT2D eigenvalue weighted by atomic mass is 10.1. The molecule has 6 nitrogen and oxygen atoms in total. The van der Waals surface area contributed by atoms with Crippen molar-refractivity contribution in [2.24, 2.45) is 0 Å². The van der Waals surface area contributed by atoms with Gasteiger partial charge in [-0.25, -0.2) is 8.42 Å². The summed E-state index contributed by atoms with van der Waals surface area (Å²) in [7, 11) is -3.71. The van der Waals surface area contributed by atoms with Crippen molar-refractivity contribution in [1.29, 1.82) is 0 Å². The first kappa shape index (κ1) is 23.4. The number of nitrogens with one attached hydrogen (secondary N) is 1. The summed E-state index contributed by atoms with van der Waals surface area (Å²) in [6.45, 7) is 5.73. The van der Waals surface area contributed by atoms with Crippen LogP contribution in [0.4, 0.5) is 17.1 Å². The standard InChI is InChI=1S/C23H30ClN3O3S/c1-4-22(27(31(3,29)30)20-11-8-17(2)21(24)16-20)23(28)25-18-9-12-19(13-10-18)26-14-6-5-7-15-26/h8-13,16,22H,4-7,14-15H2,1-3H3,(H,25,28)/t22-/m1/s1. The minimum atomic E-state index is -3.71. The van der Waals surface area contributed by atoms with E-state index in [1.165, 1.54) is 19.3 Å². The number of carbonyl (C=O) groups excluding carboxylic acids is 1. The van der Waals surface area contributed by atoms with Gasteiger partial charge in [0.15, 0.2) is 0 Å². The number of carbonyl (C=O) groups is 1. The number of nitrogens with zero attached hydrogens (tertiary/aromatic N) is 2. The van der Waals surface area contributed by atoms with E-state index in [0.717, 1.165) is 34.9 Å². The summed E-state index contributed by atoms with van der Waals surface area (Å²) < 4.78 is 26.4. The van der Waals surface area contributed by atoms with E-state index in [4.69, 9.17) is 11.6 Å². The fraction of sp³-hybridized carbons (Fsp3) is 0.435. The van der Waals surface area contributed by atoms with E-state index in [0.29, 0.717) is 22.8 Å². The van der Waals surface area contributed by atoms with Crippen LogP contribution in [-0.2, 0) is 14.8 Å². The Kier molecular flexibility index (Phi) is 7.49. The van der Waals surface area contributed by atoms with E-state index in [2.05, 4.69) is 10.2 Å². The van der Waals surface area contributed by atoms with Crippen LogP contribution in [0.2, 0.25) is 5.02 Å². The van der Waals surface area contributed by atoms with Gasteiger partial charge >= 0.3 is 0 Å². The summed E-state index contributed by atoms with van der Waals surface area (Å²) in [4.78, 5) is 15.4. The molecule has 2 aromatic rings.